The fourth-order valence-corrected chi connectivity index (χ4v) is 6.03. The molecule has 1 spiro atoms. The molecule has 27 heavy (non-hydrogen) atoms. The van der Waals surface area contributed by atoms with E-state index < -0.39 is 0 Å². The van der Waals surface area contributed by atoms with Crippen molar-refractivity contribution < 1.29 is 14.3 Å². The molecule has 0 unspecified atom stereocenters. The van der Waals surface area contributed by atoms with Crippen molar-refractivity contribution in [1.82, 2.24) is 14.7 Å². The van der Waals surface area contributed by atoms with Crippen LogP contribution in [0.5, 0.6) is 0 Å². The molecule has 2 amide bonds. The summed E-state index contributed by atoms with van der Waals surface area (Å²) in [6.07, 6.45) is 3.37. The van der Waals surface area contributed by atoms with Crippen LogP contribution < -0.4 is 0 Å². The number of amides is 2. The third kappa shape index (κ3) is 3.24. The molecule has 0 bridgehead atoms. The van der Waals surface area contributed by atoms with E-state index in [9.17, 15) is 9.59 Å². The van der Waals surface area contributed by atoms with Gasteiger partial charge in [0.1, 0.15) is 0 Å². The Balaban J connectivity index is 1.24. The summed E-state index contributed by atoms with van der Waals surface area (Å²) in [5, 5.41) is 0. The van der Waals surface area contributed by atoms with Crippen LogP contribution in [0.2, 0.25) is 0 Å². The average molecular weight is 378 g/mol. The fourth-order valence-electron chi connectivity index (χ4n) is 6.03. The average Bonchev–Trinajstić information content (AvgIpc) is 2.97. The smallest absolute Gasteiger partial charge is 0.409 e. The molecule has 2 aliphatic carbocycles. The minimum absolute atomic E-state index is 0.146. The first kappa shape index (κ1) is 19.0. The van der Waals surface area contributed by atoms with Crippen LogP contribution in [0.1, 0.15) is 47.0 Å². The lowest BCUT2D eigenvalue weighted by molar-refractivity contribution is -0.135. The third-order valence-corrected chi connectivity index (χ3v) is 7.57. The van der Waals surface area contributed by atoms with Gasteiger partial charge in [0.05, 0.1) is 6.61 Å². The van der Waals surface area contributed by atoms with Gasteiger partial charge in [-0.15, -0.1) is 0 Å². The van der Waals surface area contributed by atoms with Crippen molar-refractivity contribution in [2.75, 3.05) is 39.3 Å². The molecule has 2 saturated carbocycles. The van der Waals surface area contributed by atoms with Crippen LogP contribution in [0.3, 0.4) is 0 Å². The van der Waals surface area contributed by atoms with Crippen LogP contribution in [-0.4, -0.2) is 78.1 Å². The Labute approximate surface area is 163 Å². The molecule has 3 atom stereocenters. The maximum atomic E-state index is 12.8. The van der Waals surface area contributed by atoms with Crippen molar-refractivity contribution in [3.05, 3.63) is 0 Å². The topological polar surface area (TPSA) is 53.1 Å². The molecule has 0 aromatic heterocycles. The van der Waals surface area contributed by atoms with E-state index in [0.29, 0.717) is 41.8 Å². The predicted molar refractivity (Wildman–Crippen MR) is 103 cm³/mol. The van der Waals surface area contributed by atoms with Gasteiger partial charge in [-0.2, -0.15) is 0 Å². The van der Waals surface area contributed by atoms with E-state index in [1.807, 2.05) is 16.7 Å². The highest BCUT2D eigenvalue weighted by Gasteiger charge is 2.62. The zero-order valence-electron chi connectivity index (χ0n) is 17.3. The summed E-state index contributed by atoms with van der Waals surface area (Å²) < 4.78 is 5.15. The van der Waals surface area contributed by atoms with Gasteiger partial charge in [0, 0.05) is 50.7 Å². The van der Waals surface area contributed by atoms with E-state index in [0.717, 1.165) is 39.1 Å². The number of piperidine rings is 1. The number of hydrogen-bond acceptors (Lipinski definition) is 4. The summed E-state index contributed by atoms with van der Waals surface area (Å²) in [5.74, 6) is 1.83. The number of carbonyl (C=O) groups is 2. The number of hydrogen-bond donors (Lipinski definition) is 0. The van der Waals surface area contributed by atoms with E-state index in [-0.39, 0.29) is 12.0 Å². The van der Waals surface area contributed by atoms with E-state index in [2.05, 4.69) is 25.7 Å². The summed E-state index contributed by atoms with van der Waals surface area (Å²) in [6, 6.07) is 0.958. The van der Waals surface area contributed by atoms with Crippen LogP contribution in [0, 0.1) is 23.2 Å². The molecule has 0 radical (unpaired) electrons. The van der Waals surface area contributed by atoms with E-state index >= 15 is 0 Å². The maximum Gasteiger partial charge on any atom is 0.409 e. The monoisotopic (exact) mass is 377 g/mol. The Hall–Kier alpha value is -1.30. The van der Waals surface area contributed by atoms with Crippen molar-refractivity contribution >= 4 is 12.0 Å². The summed E-state index contributed by atoms with van der Waals surface area (Å²) in [7, 11) is 0. The van der Waals surface area contributed by atoms with Gasteiger partial charge in [-0.1, -0.05) is 0 Å². The van der Waals surface area contributed by atoms with Crippen LogP contribution in [0.25, 0.3) is 0 Å². The fraction of sp³-hybridized carbons (Fsp3) is 0.905. The molecule has 0 N–H and O–H groups in total. The molecule has 2 saturated heterocycles. The van der Waals surface area contributed by atoms with Crippen molar-refractivity contribution in [2.24, 2.45) is 23.2 Å². The molecule has 2 aliphatic heterocycles. The van der Waals surface area contributed by atoms with Crippen molar-refractivity contribution in [3.63, 3.8) is 0 Å². The van der Waals surface area contributed by atoms with Gasteiger partial charge in [-0.05, 0) is 64.2 Å². The standard InChI is InChI=1S/C21H35N3O3/c1-5-24(14(3)4)19(25)18-16-11-23(12-17(16)18)15-9-21(10-15)7-8-22(13-21)20(26)27-6-2/h14-18H,5-13H2,1-4H3/t15?,16-,17+,18-,21?. The first-order valence-corrected chi connectivity index (χ1v) is 10.9. The third-order valence-electron chi connectivity index (χ3n) is 7.57. The Bertz CT molecular complexity index is 589. The van der Waals surface area contributed by atoms with Crippen LogP contribution in [-0.2, 0) is 9.53 Å². The Morgan fingerprint density at radius 3 is 2.41 bits per heavy atom. The molecule has 4 aliphatic rings. The molecular formula is C21H35N3O3. The highest BCUT2D eigenvalue weighted by molar-refractivity contribution is 5.83. The maximum absolute atomic E-state index is 12.8. The zero-order chi connectivity index (χ0) is 19.3. The lowest BCUT2D eigenvalue weighted by atomic mass is 9.64. The van der Waals surface area contributed by atoms with E-state index in [1.54, 1.807) is 0 Å². The van der Waals surface area contributed by atoms with Crippen molar-refractivity contribution in [1.29, 1.82) is 0 Å². The summed E-state index contributed by atoms with van der Waals surface area (Å²) in [5.41, 5.74) is 0.329. The summed E-state index contributed by atoms with van der Waals surface area (Å²) in [4.78, 5) is 31.3. The van der Waals surface area contributed by atoms with Gasteiger partial charge in [0.15, 0.2) is 0 Å². The molecule has 4 rings (SSSR count). The molecule has 152 valence electrons. The van der Waals surface area contributed by atoms with E-state index in [1.165, 1.54) is 12.8 Å². The first-order valence-electron chi connectivity index (χ1n) is 10.9. The summed E-state index contributed by atoms with van der Waals surface area (Å²) >= 11 is 0. The molecule has 6 heteroatoms. The Morgan fingerprint density at radius 1 is 1.19 bits per heavy atom. The Kier molecular flexibility index (Phi) is 4.90. The lowest BCUT2D eigenvalue weighted by Crippen LogP contribution is -2.52. The molecule has 4 fully saturated rings. The number of carbonyl (C=O) groups excluding carboxylic acids is 2. The highest BCUT2D eigenvalue weighted by atomic mass is 16.6. The second-order valence-electron chi connectivity index (χ2n) is 9.46. The molecular weight excluding hydrogens is 342 g/mol. The van der Waals surface area contributed by atoms with Gasteiger partial charge in [-0.25, -0.2) is 4.79 Å². The first-order chi connectivity index (χ1) is 12.9. The van der Waals surface area contributed by atoms with Gasteiger partial charge >= 0.3 is 6.09 Å². The largest absolute Gasteiger partial charge is 0.450 e. The van der Waals surface area contributed by atoms with Crippen molar-refractivity contribution in [2.45, 2.75) is 59.0 Å². The van der Waals surface area contributed by atoms with Crippen LogP contribution in [0.4, 0.5) is 4.79 Å². The molecule has 0 aromatic rings. The van der Waals surface area contributed by atoms with Gasteiger partial charge < -0.3 is 14.5 Å². The number of rotatable bonds is 5. The predicted octanol–water partition coefficient (Wildman–Crippen LogP) is 2.43. The number of ether oxygens (including phenoxy) is 1. The van der Waals surface area contributed by atoms with Crippen molar-refractivity contribution in [3.8, 4) is 0 Å². The Morgan fingerprint density at radius 2 is 1.85 bits per heavy atom. The SMILES string of the molecule is CCOC(=O)N1CCC2(CC(N3C[C@@H]4[C@H](C3)[C@@H]4C(=O)N(CC)C(C)C)C2)C1. The van der Waals surface area contributed by atoms with Gasteiger partial charge in [0.25, 0.3) is 0 Å². The van der Waals surface area contributed by atoms with E-state index in [4.69, 9.17) is 4.74 Å². The minimum Gasteiger partial charge on any atom is -0.450 e. The van der Waals surface area contributed by atoms with Crippen LogP contribution >= 0.6 is 0 Å². The highest BCUT2D eigenvalue weighted by Crippen LogP contribution is 2.57. The number of nitrogens with zero attached hydrogens (tertiary/aromatic N) is 3. The summed E-state index contributed by atoms with van der Waals surface area (Å²) in [6.45, 7) is 13.3. The lowest BCUT2D eigenvalue weighted by Gasteiger charge is -2.49. The number of fused-ring (bicyclic) bond motifs is 1. The molecule has 2 heterocycles. The molecule has 6 nitrogen and oxygen atoms in total. The quantitative estimate of drug-likeness (QED) is 0.738. The second kappa shape index (κ2) is 6.94. The van der Waals surface area contributed by atoms with Crippen LogP contribution in [0.15, 0.2) is 0 Å². The number of likely N-dealkylation sites (tertiary alicyclic amines) is 2. The normalized spacial score (nSPS) is 37.4. The van der Waals surface area contributed by atoms with Gasteiger partial charge in [0.2, 0.25) is 5.91 Å². The molecule has 0 aromatic carbocycles. The van der Waals surface area contributed by atoms with Gasteiger partial charge in [-0.3, -0.25) is 9.69 Å². The zero-order valence-corrected chi connectivity index (χ0v) is 17.3. The second-order valence-corrected chi connectivity index (χ2v) is 9.46. The minimum atomic E-state index is -0.146.